The lowest BCUT2D eigenvalue weighted by atomic mass is 9.83. The molecule has 1 amide bonds. The Morgan fingerprint density at radius 1 is 1.17 bits per heavy atom. The van der Waals surface area contributed by atoms with Crippen LogP contribution in [0.3, 0.4) is 0 Å². The van der Waals surface area contributed by atoms with Crippen LogP contribution < -0.4 is 4.90 Å². The molecule has 0 aliphatic rings. The van der Waals surface area contributed by atoms with Crippen molar-refractivity contribution in [1.29, 1.82) is 0 Å². The largest absolute Gasteiger partial charge is 0.284 e. The highest BCUT2D eigenvalue weighted by atomic mass is 19.1. The number of nitrogens with one attached hydrogen (secondary N) is 1. The summed E-state index contributed by atoms with van der Waals surface area (Å²) in [5, 5.41) is 6.63. The number of H-pyrrole nitrogens is 1. The minimum atomic E-state index is -0.873. The predicted molar refractivity (Wildman–Crippen MR) is 89.4 cm³/mol. The summed E-state index contributed by atoms with van der Waals surface area (Å²) in [4.78, 5) is 19.1. The number of pyridine rings is 1. The fourth-order valence-corrected chi connectivity index (χ4v) is 2.48. The quantitative estimate of drug-likeness (QED) is 0.798. The zero-order valence-corrected chi connectivity index (χ0v) is 13.4. The van der Waals surface area contributed by atoms with Gasteiger partial charge in [0.05, 0.1) is 17.3 Å². The van der Waals surface area contributed by atoms with Gasteiger partial charge >= 0.3 is 0 Å². The Kier molecular flexibility index (Phi) is 4.12. The number of aromatic nitrogens is 3. The molecule has 0 bridgehead atoms. The highest BCUT2D eigenvalue weighted by Crippen LogP contribution is 2.32. The normalized spacial score (nSPS) is 11.3. The molecule has 0 fully saturated rings. The molecule has 3 aromatic rings. The second kappa shape index (κ2) is 6.23. The molecule has 122 valence electrons. The standard InChI is InChI=1S/C18H17FN4O/c1-18(2,13-6-8-14(19)9-7-13)17(24)23(15-11-21-22-12-15)16-5-3-4-10-20-16/h3-12H,1-2H3,(H,21,22). The Balaban J connectivity index is 2.04. The number of rotatable bonds is 4. The van der Waals surface area contributed by atoms with E-state index in [0.29, 0.717) is 11.5 Å². The molecule has 0 aliphatic heterocycles. The molecule has 0 saturated carbocycles. The van der Waals surface area contributed by atoms with E-state index in [4.69, 9.17) is 0 Å². The van der Waals surface area contributed by atoms with Crippen molar-refractivity contribution in [2.24, 2.45) is 0 Å². The van der Waals surface area contributed by atoms with Crippen molar-refractivity contribution < 1.29 is 9.18 Å². The van der Waals surface area contributed by atoms with Gasteiger partial charge in [0, 0.05) is 12.4 Å². The number of halogens is 1. The first-order valence-electron chi connectivity index (χ1n) is 7.50. The maximum Gasteiger partial charge on any atom is 0.242 e. The molecule has 0 radical (unpaired) electrons. The highest BCUT2D eigenvalue weighted by Gasteiger charge is 2.36. The monoisotopic (exact) mass is 324 g/mol. The molecule has 3 rings (SSSR count). The van der Waals surface area contributed by atoms with Gasteiger partial charge in [-0.1, -0.05) is 18.2 Å². The Morgan fingerprint density at radius 3 is 2.50 bits per heavy atom. The van der Waals surface area contributed by atoms with E-state index in [1.807, 2.05) is 6.07 Å². The summed E-state index contributed by atoms with van der Waals surface area (Å²) in [7, 11) is 0. The highest BCUT2D eigenvalue weighted by molar-refractivity contribution is 6.05. The van der Waals surface area contributed by atoms with Crippen LogP contribution in [-0.2, 0) is 10.2 Å². The van der Waals surface area contributed by atoms with Crippen LogP contribution in [0.2, 0.25) is 0 Å². The molecule has 0 unspecified atom stereocenters. The van der Waals surface area contributed by atoms with Crippen molar-refractivity contribution in [3.63, 3.8) is 0 Å². The van der Waals surface area contributed by atoms with Gasteiger partial charge in [-0.2, -0.15) is 5.10 Å². The number of carbonyl (C=O) groups is 1. The summed E-state index contributed by atoms with van der Waals surface area (Å²) >= 11 is 0. The fraction of sp³-hybridized carbons (Fsp3) is 0.167. The Bertz CT molecular complexity index is 814. The zero-order chi connectivity index (χ0) is 17.2. The molecule has 0 atom stereocenters. The number of aromatic amines is 1. The smallest absolute Gasteiger partial charge is 0.242 e. The van der Waals surface area contributed by atoms with Gasteiger partial charge in [-0.05, 0) is 43.7 Å². The second-order valence-corrected chi connectivity index (χ2v) is 5.92. The minimum absolute atomic E-state index is 0.186. The van der Waals surface area contributed by atoms with Crippen molar-refractivity contribution in [1.82, 2.24) is 15.2 Å². The molecule has 2 aromatic heterocycles. The molecular weight excluding hydrogens is 307 g/mol. The first-order chi connectivity index (χ1) is 11.5. The van der Waals surface area contributed by atoms with Crippen molar-refractivity contribution >= 4 is 17.4 Å². The molecule has 6 heteroatoms. The molecule has 1 aromatic carbocycles. The topological polar surface area (TPSA) is 61.9 Å². The summed E-state index contributed by atoms with van der Waals surface area (Å²) in [6.07, 6.45) is 4.82. The molecule has 0 aliphatic carbocycles. The fourth-order valence-electron chi connectivity index (χ4n) is 2.48. The van der Waals surface area contributed by atoms with Crippen LogP contribution in [0.25, 0.3) is 0 Å². The van der Waals surface area contributed by atoms with Gasteiger partial charge in [-0.25, -0.2) is 9.37 Å². The molecule has 2 heterocycles. The number of nitrogens with zero attached hydrogens (tertiary/aromatic N) is 3. The molecule has 0 saturated heterocycles. The third kappa shape index (κ3) is 2.90. The van der Waals surface area contributed by atoms with Gasteiger partial charge in [0.1, 0.15) is 11.6 Å². The van der Waals surface area contributed by atoms with Crippen molar-refractivity contribution in [3.8, 4) is 0 Å². The van der Waals surface area contributed by atoms with Crippen molar-refractivity contribution in [2.45, 2.75) is 19.3 Å². The van der Waals surface area contributed by atoms with E-state index >= 15 is 0 Å². The predicted octanol–water partition coefficient (Wildman–Crippen LogP) is 3.59. The summed E-state index contributed by atoms with van der Waals surface area (Å²) < 4.78 is 13.2. The van der Waals surface area contributed by atoms with Gasteiger partial charge in [-0.15, -0.1) is 0 Å². The van der Waals surface area contributed by atoms with Crippen LogP contribution in [0.4, 0.5) is 15.9 Å². The van der Waals surface area contributed by atoms with Gasteiger partial charge in [0.2, 0.25) is 5.91 Å². The number of amides is 1. The van der Waals surface area contributed by atoms with E-state index in [1.54, 1.807) is 56.7 Å². The number of anilines is 2. The number of carbonyl (C=O) groups excluding carboxylic acids is 1. The van der Waals surface area contributed by atoms with E-state index in [2.05, 4.69) is 15.2 Å². The number of hydrogen-bond donors (Lipinski definition) is 1. The number of hydrogen-bond acceptors (Lipinski definition) is 3. The lowest BCUT2D eigenvalue weighted by molar-refractivity contribution is -0.122. The van der Waals surface area contributed by atoms with Crippen LogP contribution in [0.1, 0.15) is 19.4 Å². The Morgan fingerprint density at radius 2 is 1.92 bits per heavy atom. The van der Waals surface area contributed by atoms with E-state index in [9.17, 15) is 9.18 Å². The van der Waals surface area contributed by atoms with Gasteiger partial charge < -0.3 is 0 Å². The summed E-state index contributed by atoms with van der Waals surface area (Å²) in [5.74, 6) is -0.0216. The summed E-state index contributed by atoms with van der Waals surface area (Å²) in [6, 6.07) is 11.3. The minimum Gasteiger partial charge on any atom is -0.284 e. The SMILES string of the molecule is CC(C)(C(=O)N(c1cn[nH]c1)c1ccccn1)c1ccc(F)cc1. The average Bonchev–Trinajstić information content (AvgIpc) is 3.10. The van der Waals surface area contributed by atoms with Gasteiger partial charge in [0.15, 0.2) is 0 Å². The van der Waals surface area contributed by atoms with Crippen LogP contribution in [0.15, 0.2) is 61.1 Å². The Hall–Kier alpha value is -3.02. The molecule has 24 heavy (non-hydrogen) atoms. The molecule has 0 spiro atoms. The zero-order valence-electron chi connectivity index (χ0n) is 13.4. The summed E-state index contributed by atoms with van der Waals surface area (Å²) in [6.45, 7) is 3.61. The first-order valence-corrected chi connectivity index (χ1v) is 7.50. The third-order valence-electron chi connectivity index (χ3n) is 3.92. The van der Waals surface area contributed by atoms with Crippen LogP contribution in [-0.4, -0.2) is 21.1 Å². The molecule has 5 nitrogen and oxygen atoms in total. The van der Waals surface area contributed by atoms with Crippen molar-refractivity contribution in [3.05, 3.63) is 72.4 Å². The Labute approximate surface area is 139 Å². The van der Waals surface area contributed by atoms with Crippen LogP contribution in [0, 0.1) is 5.82 Å². The van der Waals surface area contributed by atoms with E-state index in [-0.39, 0.29) is 11.7 Å². The van der Waals surface area contributed by atoms with E-state index < -0.39 is 5.41 Å². The van der Waals surface area contributed by atoms with E-state index in [0.717, 1.165) is 5.56 Å². The first kappa shape index (κ1) is 15.9. The lowest BCUT2D eigenvalue weighted by Gasteiger charge is -2.31. The maximum absolute atomic E-state index is 13.3. The lowest BCUT2D eigenvalue weighted by Crippen LogP contribution is -2.41. The van der Waals surface area contributed by atoms with Crippen LogP contribution in [0.5, 0.6) is 0 Å². The number of benzene rings is 1. The van der Waals surface area contributed by atoms with E-state index in [1.165, 1.54) is 17.0 Å². The third-order valence-corrected chi connectivity index (χ3v) is 3.92. The molecular formula is C18H17FN4O. The second-order valence-electron chi connectivity index (χ2n) is 5.92. The van der Waals surface area contributed by atoms with Gasteiger partial charge in [0.25, 0.3) is 0 Å². The van der Waals surface area contributed by atoms with Crippen LogP contribution >= 0.6 is 0 Å². The summed E-state index contributed by atoms with van der Waals surface area (Å²) in [5.41, 5.74) is 0.440. The molecule has 1 N–H and O–H groups in total. The van der Waals surface area contributed by atoms with Gasteiger partial charge in [-0.3, -0.25) is 14.8 Å². The van der Waals surface area contributed by atoms with Crippen molar-refractivity contribution in [2.75, 3.05) is 4.90 Å². The average molecular weight is 324 g/mol. The maximum atomic E-state index is 13.3.